The van der Waals surface area contributed by atoms with Gasteiger partial charge in [0.2, 0.25) is 11.8 Å². The number of imide groups is 1. The van der Waals surface area contributed by atoms with E-state index >= 15 is 0 Å². The van der Waals surface area contributed by atoms with E-state index in [0.29, 0.717) is 6.42 Å². The third-order valence-electron chi connectivity index (χ3n) is 5.58. The number of carbonyl (C=O) groups excluding carboxylic acids is 4. The standard InChI is InChI=1S/C29H38N6O5.C2H4O2/c1-20(2)18-24(27(38)35-25(36)16-15-21-10-5-3-6-11-21)33-26(37)23(14-9-17-32-28(30)31)34-29(39)40-19-22-12-7-4-8-13-22;1-2(3)4/h3-8,10-13,15-16,20,23-24H,9,14,17-19H2,1-2H3,(H,33,37)(H,34,39)(H4,30,31,32)(H,35,36,38);1H3,(H,3,4)/b16-15+;/t23-,24-;/m0./s1. The van der Waals surface area contributed by atoms with Crippen LogP contribution in [0.15, 0.2) is 71.7 Å². The number of aliphatic imine (C=N–C) groups is 1. The quantitative estimate of drug-likeness (QED) is 0.0799. The summed E-state index contributed by atoms with van der Waals surface area (Å²) in [7, 11) is 0. The third kappa shape index (κ3) is 17.6. The Bertz CT molecular complexity index is 1260. The van der Waals surface area contributed by atoms with Crippen LogP contribution in [0.4, 0.5) is 4.79 Å². The predicted octanol–water partition coefficient (Wildman–Crippen LogP) is 2.31. The molecule has 8 N–H and O–H groups in total. The summed E-state index contributed by atoms with van der Waals surface area (Å²) in [6, 6.07) is 16.2. The third-order valence-corrected chi connectivity index (χ3v) is 5.58. The molecule has 2 rings (SSSR count). The van der Waals surface area contributed by atoms with Crippen molar-refractivity contribution in [3.63, 3.8) is 0 Å². The minimum Gasteiger partial charge on any atom is -0.481 e. The number of nitrogens with one attached hydrogen (secondary N) is 3. The van der Waals surface area contributed by atoms with E-state index in [9.17, 15) is 19.2 Å². The molecule has 0 heterocycles. The minimum absolute atomic E-state index is 0.0198. The molecule has 238 valence electrons. The van der Waals surface area contributed by atoms with Crippen molar-refractivity contribution in [1.82, 2.24) is 16.0 Å². The molecule has 4 amide bonds. The molecule has 2 aromatic carbocycles. The molecule has 13 nitrogen and oxygen atoms in total. The molecule has 0 unspecified atom stereocenters. The number of amides is 4. The van der Waals surface area contributed by atoms with Gasteiger partial charge in [-0.15, -0.1) is 0 Å². The number of carbonyl (C=O) groups is 5. The zero-order chi connectivity index (χ0) is 32.9. The molecule has 0 spiro atoms. The second-order valence-corrected chi connectivity index (χ2v) is 10.0. The number of carboxylic acids is 1. The Morgan fingerprint density at radius 3 is 2.07 bits per heavy atom. The van der Waals surface area contributed by atoms with E-state index in [0.717, 1.165) is 18.1 Å². The second-order valence-electron chi connectivity index (χ2n) is 10.0. The highest BCUT2D eigenvalue weighted by atomic mass is 16.5. The Labute approximate surface area is 257 Å². The summed E-state index contributed by atoms with van der Waals surface area (Å²) in [5, 5.41) is 15.0. The Hall–Kier alpha value is -5.20. The summed E-state index contributed by atoms with van der Waals surface area (Å²) in [6.07, 6.45) is 2.86. The highest BCUT2D eigenvalue weighted by molar-refractivity contribution is 6.05. The molecule has 13 heteroatoms. The van der Waals surface area contributed by atoms with Crippen LogP contribution in [0.5, 0.6) is 0 Å². The van der Waals surface area contributed by atoms with Gasteiger partial charge in [-0.2, -0.15) is 0 Å². The van der Waals surface area contributed by atoms with Crippen molar-refractivity contribution in [2.75, 3.05) is 6.54 Å². The number of nitrogens with zero attached hydrogens (tertiary/aromatic N) is 1. The summed E-state index contributed by atoms with van der Waals surface area (Å²) >= 11 is 0. The Kier molecular flexibility index (Phi) is 17.3. The molecular weight excluding hydrogens is 568 g/mol. The van der Waals surface area contributed by atoms with Crippen molar-refractivity contribution in [3.8, 4) is 0 Å². The van der Waals surface area contributed by atoms with E-state index in [1.54, 1.807) is 18.2 Å². The van der Waals surface area contributed by atoms with Gasteiger partial charge in [0.05, 0.1) is 0 Å². The maximum atomic E-state index is 13.2. The molecular formula is C31H42N6O7. The Balaban J connectivity index is 0.00000227. The van der Waals surface area contributed by atoms with Gasteiger partial charge in [0.25, 0.3) is 11.9 Å². The number of hydrogen-bond acceptors (Lipinski definition) is 7. The zero-order valence-corrected chi connectivity index (χ0v) is 25.2. The van der Waals surface area contributed by atoms with Gasteiger partial charge in [0, 0.05) is 19.5 Å². The Morgan fingerprint density at radius 1 is 0.909 bits per heavy atom. The number of aliphatic carboxylic acids is 1. The van der Waals surface area contributed by atoms with E-state index in [-0.39, 0.29) is 37.9 Å². The molecule has 0 aliphatic carbocycles. The highest BCUT2D eigenvalue weighted by Crippen LogP contribution is 2.08. The van der Waals surface area contributed by atoms with Gasteiger partial charge in [-0.3, -0.25) is 29.5 Å². The smallest absolute Gasteiger partial charge is 0.408 e. The van der Waals surface area contributed by atoms with Crippen LogP contribution < -0.4 is 27.4 Å². The van der Waals surface area contributed by atoms with Crippen molar-refractivity contribution >= 4 is 41.8 Å². The molecule has 0 saturated carbocycles. The summed E-state index contributed by atoms with van der Waals surface area (Å²) in [4.78, 5) is 63.9. The maximum Gasteiger partial charge on any atom is 0.408 e. The average molecular weight is 611 g/mol. The average Bonchev–Trinajstić information content (AvgIpc) is 2.96. The van der Waals surface area contributed by atoms with Crippen molar-refractivity contribution in [2.45, 2.75) is 58.7 Å². The lowest BCUT2D eigenvalue weighted by Crippen LogP contribution is -2.54. The van der Waals surface area contributed by atoms with Gasteiger partial charge >= 0.3 is 6.09 Å². The first-order valence-corrected chi connectivity index (χ1v) is 14.0. The molecule has 2 atom stereocenters. The van der Waals surface area contributed by atoms with E-state index in [1.807, 2.05) is 62.4 Å². The number of benzene rings is 2. The first-order valence-electron chi connectivity index (χ1n) is 14.0. The molecule has 0 radical (unpaired) electrons. The second kappa shape index (κ2) is 20.6. The van der Waals surface area contributed by atoms with Crippen LogP contribution >= 0.6 is 0 Å². The summed E-state index contributed by atoms with van der Waals surface area (Å²) < 4.78 is 5.26. The first-order chi connectivity index (χ1) is 20.9. The SMILES string of the molecule is CC(=O)O.CC(C)C[C@H](NC(=O)[C@H](CCCN=C(N)N)NC(=O)OCc1ccccc1)C(=O)NC(=O)/C=C/c1ccccc1. The van der Waals surface area contributed by atoms with Crippen LogP contribution in [0.1, 0.15) is 51.2 Å². The van der Waals surface area contributed by atoms with Crippen molar-refractivity contribution in [2.24, 2.45) is 22.4 Å². The van der Waals surface area contributed by atoms with E-state index in [1.165, 1.54) is 6.08 Å². The van der Waals surface area contributed by atoms with Crippen LogP contribution in [0.2, 0.25) is 0 Å². The van der Waals surface area contributed by atoms with E-state index in [2.05, 4.69) is 20.9 Å². The fourth-order valence-corrected chi connectivity index (χ4v) is 3.64. The fraction of sp³-hybridized carbons (Fsp3) is 0.355. The van der Waals surface area contributed by atoms with Crippen LogP contribution in [0, 0.1) is 5.92 Å². The number of alkyl carbamates (subject to hydrolysis) is 1. The van der Waals surface area contributed by atoms with Gasteiger partial charge in [-0.25, -0.2) is 4.79 Å². The molecule has 0 aromatic heterocycles. The van der Waals surface area contributed by atoms with Crippen molar-refractivity contribution in [3.05, 3.63) is 77.9 Å². The van der Waals surface area contributed by atoms with Crippen LogP contribution in [-0.4, -0.2) is 59.5 Å². The largest absolute Gasteiger partial charge is 0.481 e. The summed E-state index contributed by atoms with van der Waals surface area (Å²) in [5.41, 5.74) is 12.3. The van der Waals surface area contributed by atoms with Crippen molar-refractivity contribution < 1.29 is 33.8 Å². The van der Waals surface area contributed by atoms with Gasteiger partial charge in [0.15, 0.2) is 5.96 Å². The number of guanidine groups is 1. The highest BCUT2D eigenvalue weighted by Gasteiger charge is 2.28. The molecule has 0 bridgehead atoms. The van der Waals surface area contributed by atoms with Crippen LogP contribution in [0.3, 0.4) is 0 Å². The number of ether oxygens (including phenoxy) is 1. The molecule has 0 saturated heterocycles. The molecule has 2 aromatic rings. The molecule has 0 aliphatic rings. The number of nitrogens with two attached hydrogens (primary N) is 2. The van der Waals surface area contributed by atoms with Gasteiger partial charge < -0.3 is 31.9 Å². The van der Waals surface area contributed by atoms with Gasteiger partial charge in [-0.05, 0) is 42.4 Å². The lowest BCUT2D eigenvalue weighted by Gasteiger charge is -2.23. The lowest BCUT2D eigenvalue weighted by atomic mass is 10.0. The lowest BCUT2D eigenvalue weighted by molar-refractivity contribution is -0.134. The van der Waals surface area contributed by atoms with E-state index < -0.39 is 41.9 Å². The normalized spacial score (nSPS) is 11.7. The topological polar surface area (TPSA) is 215 Å². The predicted molar refractivity (Wildman–Crippen MR) is 167 cm³/mol. The van der Waals surface area contributed by atoms with Gasteiger partial charge in [0.1, 0.15) is 18.7 Å². The Morgan fingerprint density at radius 2 is 1.50 bits per heavy atom. The number of carboxylic acid groups (broad SMARTS) is 1. The molecule has 44 heavy (non-hydrogen) atoms. The number of hydrogen-bond donors (Lipinski definition) is 6. The fourth-order valence-electron chi connectivity index (χ4n) is 3.64. The number of rotatable bonds is 14. The summed E-state index contributed by atoms with van der Waals surface area (Å²) in [5.74, 6) is -2.77. The minimum atomic E-state index is -1.03. The monoisotopic (exact) mass is 610 g/mol. The van der Waals surface area contributed by atoms with Crippen molar-refractivity contribution in [1.29, 1.82) is 0 Å². The molecule has 0 fully saturated rings. The first kappa shape index (κ1) is 36.8. The molecule has 0 aliphatic heterocycles. The summed E-state index contributed by atoms with van der Waals surface area (Å²) in [6.45, 7) is 5.11. The van der Waals surface area contributed by atoms with E-state index in [4.69, 9.17) is 26.1 Å². The van der Waals surface area contributed by atoms with Crippen LogP contribution in [0.25, 0.3) is 6.08 Å². The maximum absolute atomic E-state index is 13.2. The van der Waals surface area contributed by atoms with Gasteiger partial charge in [-0.1, -0.05) is 74.5 Å². The van der Waals surface area contributed by atoms with Crippen LogP contribution in [-0.2, 0) is 30.5 Å². The zero-order valence-electron chi connectivity index (χ0n) is 25.2.